The summed E-state index contributed by atoms with van der Waals surface area (Å²) in [7, 11) is 0. The molecule has 1 heterocycles. The fourth-order valence-corrected chi connectivity index (χ4v) is 3.27. The lowest BCUT2D eigenvalue weighted by Gasteiger charge is -2.62. The zero-order chi connectivity index (χ0) is 7.47. The summed E-state index contributed by atoms with van der Waals surface area (Å²) in [4.78, 5) is 0. The van der Waals surface area contributed by atoms with Gasteiger partial charge in [0.15, 0.2) is 0 Å². The molecule has 3 rings (SSSR count). The molecule has 0 aromatic carbocycles. The maximum atomic E-state index is 6.12. The number of fused-ring (bicyclic) bond motifs is 2. The van der Waals surface area contributed by atoms with Crippen molar-refractivity contribution >= 4 is 0 Å². The van der Waals surface area contributed by atoms with Crippen LogP contribution in [0.15, 0.2) is 0 Å². The van der Waals surface area contributed by atoms with Crippen LogP contribution in [-0.4, -0.2) is 18.8 Å². The van der Waals surface area contributed by atoms with Crippen molar-refractivity contribution in [1.82, 2.24) is 0 Å². The van der Waals surface area contributed by atoms with Gasteiger partial charge in [0.05, 0.1) is 6.10 Å². The Balaban J connectivity index is 1.86. The first-order valence-corrected chi connectivity index (χ1v) is 4.72. The third kappa shape index (κ3) is 0.541. The molecule has 0 unspecified atom stereocenters. The molecule has 62 valence electrons. The van der Waals surface area contributed by atoms with Crippen molar-refractivity contribution in [3.63, 3.8) is 0 Å². The second kappa shape index (κ2) is 1.80. The third-order valence-electron chi connectivity index (χ3n) is 4.11. The summed E-state index contributed by atoms with van der Waals surface area (Å²) >= 11 is 0. The Hall–Kier alpha value is -0.0800. The van der Waals surface area contributed by atoms with E-state index in [1.54, 1.807) is 0 Å². The zero-order valence-electron chi connectivity index (χ0n) is 6.75. The zero-order valence-corrected chi connectivity index (χ0v) is 6.75. The highest BCUT2D eigenvalue weighted by molar-refractivity contribution is 5.17. The Morgan fingerprint density at radius 1 is 1.36 bits per heavy atom. The van der Waals surface area contributed by atoms with E-state index in [0.717, 1.165) is 12.5 Å². The lowest BCUT2D eigenvalue weighted by atomic mass is 9.47. The molecule has 1 saturated heterocycles. The molecule has 3 fully saturated rings. The van der Waals surface area contributed by atoms with E-state index in [-0.39, 0.29) is 0 Å². The molecule has 2 aliphatic carbocycles. The smallest absolute Gasteiger partial charge is 0.0690 e. The minimum atomic E-state index is 0.459. The highest BCUT2D eigenvalue weighted by Gasteiger charge is 2.65. The van der Waals surface area contributed by atoms with Crippen molar-refractivity contribution in [2.45, 2.75) is 37.8 Å². The van der Waals surface area contributed by atoms with Crippen LogP contribution in [0.25, 0.3) is 0 Å². The average molecular weight is 153 g/mol. The van der Waals surface area contributed by atoms with Crippen LogP contribution >= 0.6 is 0 Å². The van der Waals surface area contributed by atoms with E-state index in [0.29, 0.717) is 17.6 Å². The highest BCUT2D eigenvalue weighted by atomic mass is 16.5. The van der Waals surface area contributed by atoms with Crippen LogP contribution in [0, 0.1) is 11.3 Å². The van der Waals surface area contributed by atoms with Crippen molar-refractivity contribution in [2.75, 3.05) is 6.61 Å². The molecule has 0 radical (unpaired) electrons. The Kier molecular flexibility index (Phi) is 1.06. The molecule has 3 aliphatic rings. The Morgan fingerprint density at radius 3 is 2.82 bits per heavy atom. The molecule has 11 heavy (non-hydrogen) atoms. The van der Waals surface area contributed by atoms with Crippen molar-refractivity contribution in [1.29, 1.82) is 0 Å². The van der Waals surface area contributed by atoms with Crippen LogP contribution in [-0.2, 0) is 4.74 Å². The molecule has 2 nitrogen and oxygen atoms in total. The van der Waals surface area contributed by atoms with Crippen LogP contribution in [0.4, 0.5) is 0 Å². The number of hydrogen-bond acceptors (Lipinski definition) is 2. The molecule has 0 bridgehead atoms. The Morgan fingerprint density at radius 2 is 2.18 bits per heavy atom. The van der Waals surface area contributed by atoms with Crippen LogP contribution in [0.3, 0.4) is 0 Å². The van der Waals surface area contributed by atoms with Gasteiger partial charge in [-0.2, -0.15) is 0 Å². The molecule has 0 aromatic rings. The first-order chi connectivity index (χ1) is 5.34. The average Bonchev–Trinajstić information content (AvgIpc) is 2.29. The second-order valence-corrected chi connectivity index (χ2v) is 4.36. The minimum absolute atomic E-state index is 0.459. The summed E-state index contributed by atoms with van der Waals surface area (Å²) < 4.78 is 5.70. The predicted molar refractivity (Wildman–Crippen MR) is 42.1 cm³/mol. The number of rotatable bonds is 0. The predicted octanol–water partition coefficient (Wildman–Crippen LogP) is 0.903. The number of ether oxygens (including phenoxy) is 1. The van der Waals surface area contributed by atoms with Crippen molar-refractivity contribution in [3.05, 3.63) is 0 Å². The maximum absolute atomic E-state index is 6.12. The molecule has 2 heteroatoms. The van der Waals surface area contributed by atoms with E-state index >= 15 is 0 Å². The summed E-state index contributed by atoms with van der Waals surface area (Å²) in [6, 6.07) is 0.476. The molecular formula is C9H15NO. The highest BCUT2D eigenvalue weighted by Crippen LogP contribution is 2.61. The second-order valence-electron chi connectivity index (χ2n) is 4.36. The number of hydrogen-bond donors (Lipinski definition) is 1. The minimum Gasteiger partial charge on any atom is -0.377 e. The van der Waals surface area contributed by atoms with Gasteiger partial charge in [0.25, 0.3) is 0 Å². The van der Waals surface area contributed by atoms with Gasteiger partial charge in [-0.15, -0.1) is 0 Å². The van der Waals surface area contributed by atoms with Gasteiger partial charge < -0.3 is 10.5 Å². The van der Waals surface area contributed by atoms with Gasteiger partial charge >= 0.3 is 0 Å². The van der Waals surface area contributed by atoms with E-state index in [4.69, 9.17) is 10.5 Å². The van der Waals surface area contributed by atoms with Crippen molar-refractivity contribution in [2.24, 2.45) is 17.1 Å². The maximum Gasteiger partial charge on any atom is 0.0690 e. The molecule has 1 aliphatic heterocycles. The van der Waals surface area contributed by atoms with E-state index in [9.17, 15) is 0 Å². The SMILES string of the molecule is N[C@H]1[C@@H]2CCO[C@@H]2C12CCC2. The quantitative estimate of drug-likeness (QED) is 0.561. The summed E-state index contributed by atoms with van der Waals surface area (Å²) in [5.74, 6) is 0.718. The molecule has 2 saturated carbocycles. The summed E-state index contributed by atoms with van der Waals surface area (Å²) in [5, 5.41) is 0. The topological polar surface area (TPSA) is 35.2 Å². The van der Waals surface area contributed by atoms with E-state index in [1.165, 1.54) is 25.7 Å². The molecule has 1 spiro atoms. The van der Waals surface area contributed by atoms with Crippen LogP contribution in [0.5, 0.6) is 0 Å². The largest absolute Gasteiger partial charge is 0.377 e. The monoisotopic (exact) mass is 153 g/mol. The molecule has 3 atom stereocenters. The Labute approximate surface area is 67.1 Å². The summed E-state index contributed by atoms with van der Waals surface area (Å²) in [6.45, 7) is 0.963. The van der Waals surface area contributed by atoms with Gasteiger partial charge in [0.1, 0.15) is 0 Å². The van der Waals surface area contributed by atoms with Crippen LogP contribution < -0.4 is 5.73 Å². The lowest BCUT2D eigenvalue weighted by molar-refractivity contribution is -0.164. The summed E-state index contributed by atoms with van der Waals surface area (Å²) in [6.07, 6.45) is 5.81. The Bertz CT molecular complexity index is 188. The standard InChI is InChI=1S/C9H15NO/c10-7-6-2-5-11-8(6)9(7)3-1-4-9/h6-8H,1-5,10H2/t6-,7-,8-/m0/s1. The van der Waals surface area contributed by atoms with Gasteiger partial charge in [0.2, 0.25) is 0 Å². The van der Waals surface area contributed by atoms with Crippen molar-refractivity contribution < 1.29 is 4.74 Å². The van der Waals surface area contributed by atoms with E-state index in [2.05, 4.69) is 0 Å². The molecule has 2 N–H and O–H groups in total. The van der Waals surface area contributed by atoms with Gasteiger partial charge in [-0.1, -0.05) is 6.42 Å². The van der Waals surface area contributed by atoms with E-state index < -0.39 is 0 Å². The molecular weight excluding hydrogens is 138 g/mol. The van der Waals surface area contributed by atoms with Gasteiger partial charge in [0, 0.05) is 24.0 Å². The fourth-order valence-electron chi connectivity index (χ4n) is 3.27. The molecule has 0 aromatic heterocycles. The molecule has 0 amide bonds. The van der Waals surface area contributed by atoms with Crippen LogP contribution in [0.2, 0.25) is 0 Å². The van der Waals surface area contributed by atoms with Gasteiger partial charge in [-0.3, -0.25) is 0 Å². The normalized spacial score (nSPS) is 51.5. The first kappa shape index (κ1) is 6.44. The third-order valence-corrected chi connectivity index (χ3v) is 4.11. The van der Waals surface area contributed by atoms with E-state index in [1.807, 2.05) is 0 Å². The van der Waals surface area contributed by atoms with Crippen molar-refractivity contribution in [3.8, 4) is 0 Å². The summed E-state index contributed by atoms with van der Waals surface area (Å²) in [5.41, 5.74) is 6.58. The fraction of sp³-hybridized carbons (Fsp3) is 1.00. The lowest BCUT2D eigenvalue weighted by Crippen LogP contribution is -2.69. The number of nitrogens with two attached hydrogens (primary N) is 1. The first-order valence-electron chi connectivity index (χ1n) is 4.72. The van der Waals surface area contributed by atoms with Gasteiger partial charge in [-0.25, -0.2) is 0 Å². The van der Waals surface area contributed by atoms with Gasteiger partial charge in [-0.05, 0) is 19.3 Å². The van der Waals surface area contributed by atoms with Crippen LogP contribution in [0.1, 0.15) is 25.7 Å².